The second kappa shape index (κ2) is 7.09. The fourth-order valence-electron chi connectivity index (χ4n) is 2.69. The van der Waals surface area contributed by atoms with E-state index < -0.39 is 0 Å². The number of amides is 2. The summed E-state index contributed by atoms with van der Waals surface area (Å²) in [5.74, 6) is 0.194. The molecule has 3 rings (SSSR count). The summed E-state index contributed by atoms with van der Waals surface area (Å²) in [5, 5.41) is 4.67. The van der Waals surface area contributed by atoms with E-state index in [1.54, 1.807) is 23.7 Å². The van der Waals surface area contributed by atoms with Gasteiger partial charge in [-0.1, -0.05) is 18.2 Å². The van der Waals surface area contributed by atoms with Crippen LogP contribution < -0.4 is 0 Å². The molecule has 0 atom stereocenters. The average Bonchev–Trinajstić information content (AvgIpc) is 3.38. The summed E-state index contributed by atoms with van der Waals surface area (Å²) in [6.45, 7) is 2.42. The lowest BCUT2D eigenvalue weighted by atomic mass is 10.2. The molecule has 1 aromatic heterocycles. The largest absolute Gasteiger partial charge is 0.347 e. The van der Waals surface area contributed by atoms with Gasteiger partial charge in [0, 0.05) is 26.6 Å². The van der Waals surface area contributed by atoms with Gasteiger partial charge in [-0.2, -0.15) is 5.10 Å². The summed E-state index contributed by atoms with van der Waals surface area (Å²) < 4.78 is 1.71. The first-order chi connectivity index (χ1) is 12.0. The van der Waals surface area contributed by atoms with Crippen LogP contribution in [0.2, 0.25) is 0 Å². The van der Waals surface area contributed by atoms with Gasteiger partial charge in [0.2, 0.25) is 5.91 Å². The molecule has 2 aromatic rings. The molecule has 1 fully saturated rings. The van der Waals surface area contributed by atoms with Crippen LogP contribution in [0.5, 0.6) is 0 Å². The molecule has 1 aliphatic carbocycles. The van der Waals surface area contributed by atoms with Crippen molar-refractivity contribution in [1.29, 1.82) is 0 Å². The Kier molecular flexibility index (Phi) is 4.88. The fourth-order valence-corrected chi connectivity index (χ4v) is 2.69. The van der Waals surface area contributed by atoms with E-state index in [2.05, 4.69) is 5.10 Å². The highest BCUT2D eigenvalue weighted by Crippen LogP contribution is 2.39. The topological polar surface area (TPSA) is 58.4 Å². The van der Waals surface area contributed by atoms with Crippen LogP contribution in [0.1, 0.15) is 41.9 Å². The van der Waals surface area contributed by atoms with E-state index in [1.807, 2.05) is 43.3 Å². The van der Waals surface area contributed by atoms with Crippen molar-refractivity contribution in [1.82, 2.24) is 19.6 Å². The van der Waals surface area contributed by atoms with Gasteiger partial charge in [-0.15, -0.1) is 0 Å². The summed E-state index contributed by atoms with van der Waals surface area (Å²) in [5.41, 5.74) is 2.33. The highest BCUT2D eigenvalue weighted by molar-refractivity contribution is 5.95. The van der Waals surface area contributed by atoms with Gasteiger partial charge in [0.25, 0.3) is 5.91 Å². The number of hydrogen-bond donors (Lipinski definition) is 0. The maximum Gasteiger partial charge on any atom is 0.273 e. The highest BCUT2D eigenvalue weighted by Gasteiger charge is 2.30. The zero-order chi connectivity index (χ0) is 18.0. The van der Waals surface area contributed by atoms with Crippen molar-refractivity contribution >= 4 is 11.8 Å². The summed E-state index contributed by atoms with van der Waals surface area (Å²) in [4.78, 5) is 28.2. The number of aromatic nitrogens is 2. The van der Waals surface area contributed by atoms with Crippen LogP contribution in [0.15, 0.2) is 36.4 Å². The molecule has 1 aliphatic rings. The van der Waals surface area contributed by atoms with E-state index in [9.17, 15) is 9.59 Å². The van der Waals surface area contributed by atoms with Gasteiger partial charge in [-0.25, -0.2) is 4.68 Å². The number of carbonyl (C=O) groups excluding carboxylic acids is 2. The van der Waals surface area contributed by atoms with E-state index in [1.165, 1.54) is 4.90 Å². The third-order valence-corrected chi connectivity index (χ3v) is 4.44. The predicted molar refractivity (Wildman–Crippen MR) is 95.8 cm³/mol. The smallest absolute Gasteiger partial charge is 0.273 e. The zero-order valence-electron chi connectivity index (χ0n) is 15.0. The van der Waals surface area contributed by atoms with Crippen molar-refractivity contribution in [3.8, 4) is 5.69 Å². The highest BCUT2D eigenvalue weighted by atomic mass is 16.2. The molecule has 0 aliphatic heterocycles. The van der Waals surface area contributed by atoms with Crippen LogP contribution in [-0.2, 0) is 4.79 Å². The van der Waals surface area contributed by atoms with Crippen LogP contribution in [0, 0.1) is 0 Å². The van der Waals surface area contributed by atoms with Gasteiger partial charge in [0.15, 0.2) is 0 Å². The van der Waals surface area contributed by atoms with Gasteiger partial charge in [-0.05, 0) is 38.0 Å². The molecule has 0 N–H and O–H groups in total. The first-order valence-electron chi connectivity index (χ1n) is 8.66. The number of rotatable bonds is 6. The molecule has 0 saturated heterocycles. The van der Waals surface area contributed by atoms with E-state index in [0.29, 0.717) is 18.2 Å². The SMILES string of the molecule is CCN(CC(=O)N(C)C)C(=O)c1cc(C2CC2)nn1-c1ccccc1. The van der Waals surface area contributed by atoms with Crippen LogP contribution in [0.3, 0.4) is 0 Å². The Morgan fingerprint density at radius 3 is 2.44 bits per heavy atom. The van der Waals surface area contributed by atoms with Crippen molar-refractivity contribution in [2.75, 3.05) is 27.2 Å². The molecule has 0 radical (unpaired) electrons. The van der Waals surface area contributed by atoms with Gasteiger partial charge in [0.1, 0.15) is 12.2 Å². The summed E-state index contributed by atoms with van der Waals surface area (Å²) in [6.07, 6.45) is 2.24. The minimum Gasteiger partial charge on any atom is -0.347 e. The molecule has 1 aromatic carbocycles. The standard InChI is InChI=1S/C19H24N4O2/c1-4-22(13-18(24)21(2)3)19(25)17-12-16(14-10-11-14)20-23(17)15-8-6-5-7-9-15/h5-9,12,14H,4,10-11,13H2,1-3H3. The Morgan fingerprint density at radius 2 is 1.88 bits per heavy atom. The summed E-state index contributed by atoms with van der Waals surface area (Å²) >= 11 is 0. The summed E-state index contributed by atoms with van der Waals surface area (Å²) in [6, 6.07) is 11.5. The molecule has 1 heterocycles. The average molecular weight is 340 g/mol. The summed E-state index contributed by atoms with van der Waals surface area (Å²) in [7, 11) is 3.39. The van der Waals surface area contributed by atoms with E-state index in [4.69, 9.17) is 0 Å². The molecule has 6 heteroatoms. The molecule has 0 bridgehead atoms. The number of benzene rings is 1. The predicted octanol–water partition coefficient (Wildman–Crippen LogP) is 2.30. The lowest BCUT2D eigenvalue weighted by Gasteiger charge is -2.22. The number of nitrogens with zero attached hydrogens (tertiary/aromatic N) is 4. The molecule has 0 spiro atoms. The minimum absolute atomic E-state index is 0.0705. The van der Waals surface area contributed by atoms with Gasteiger partial charge in [0.05, 0.1) is 11.4 Å². The Morgan fingerprint density at radius 1 is 1.20 bits per heavy atom. The number of likely N-dealkylation sites (N-methyl/N-ethyl adjacent to an activating group) is 2. The van der Waals surface area contributed by atoms with E-state index >= 15 is 0 Å². The quantitative estimate of drug-likeness (QED) is 0.811. The Balaban J connectivity index is 1.94. The molecular formula is C19H24N4O2. The third kappa shape index (κ3) is 3.73. The first-order valence-corrected chi connectivity index (χ1v) is 8.66. The van der Waals surface area contributed by atoms with Crippen molar-refractivity contribution in [3.63, 3.8) is 0 Å². The van der Waals surface area contributed by atoms with Gasteiger partial charge < -0.3 is 9.80 Å². The Labute approximate surface area is 148 Å². The molecule has 2 amide bonds. The molecule has 6 nitrogen and oxygen atoms in total. The van der Waals surface area contributed by atoms with Gasteiger partial charge >= 0.3 is 0 Å². The lowest BCUT2D eigenvalue weighted by Crippen LogP contribution is -2.40. The van der Waals surface area contributed by atoms with Crippen LogP contribution in [-0.4, -0.2) is 58.6 Å². The third-order valence-electron chi connectivity index (χ3n) is 4.44. The van der Waals surface area contributed by atoms with Crippen LogP contribution in [0.25, 0.3) is 5.69 Å². The normalized spacial score (nSPS) is 13.6. The zero-order valence-corrected chi connectivity index (χ0v) is 15.0. The van der Waals surface area contributed by atoms with Crippen molar-refractivity contribution in [3.05, 3.63) is 47.8 Å². The van der Waals surface area contributed by atoms with E-state index in [-0.39, 0.29) is 18.4 Å². The van der Waals surface area contributed by atoms with Gasteiger partial charge in [-0.3, -0.25) is 9.59 Å². The van der Waals surface area contributed by atoms with E-state index in [0.717, 1.165) is 24.2 Å². The monoisotopic (exact) mass is 340 g/mol. The van der Waals surface area contributed by atoms with Crippen LogP contribution in [0.4, 0.5) is 0 Å². The molecule has 25 heavy (non-hydrogen) atoms. The second-order valence-corrected chi connectivity index (χ2v) is 6.58. The first kappa shape index (κ1) is 17.2. The molecule has 132 valence electrons. The second-order valence-electron chi connectivity index (χ2n) is 6.58. The maximum atomic E-state index is 13.1. The maximum absolute atomic E-state index is 13.1. The van der Waals surface area contributed by atoms with Crippen molar-refractivity contribution < 1.29 is 9.59 Å². The number of carbonyl (C=O) groups is 2. The van der Waals surface area contributed by atoms with Crippen molar-refractivity contribution in [2.45, 2.75) is 25.7 Å². The van der Waals surface area contributed by atoms with Crippen LogP contribution >= 0.6 is 0 Å². The minimum atomic E-state index is -0.166. The number of para-hydroxylation sites is 1. The lowest BCUT2D eigenvalue weighted by molar-refractivity contribution is -0.129. The molecule has 0 unspecified atom stereocenters. The molecular weight excluding hydrogens is 316 g/mol. The number of hydrogen-bond acceptors (Lipinski definition) is 3. The molecule has 1 saturated carbocycles. The van der Waals surface area contributed by atoms with Crippen molar-refractivity contribution in [2.24, 2.45) is 0 Å². The Bertz CT molecular complexity index is 763. The Hall–Kier alpha value is -2.63. The fraction of sp³-hybridized carbons (Fsp3) is 0.421.